The second-order valence-electron chi connectivity index (χ2n) is 4.59. The molecule has 110 valence electrons. The number of piperazine rings is 1. The molecule has 1 atom stereocenters. The van der Waals surface area contributed by atoms with Crippen LogP contribution in [0.5, 0.6) is 5.88 Å². The van der Waals surface area contributed by atoms with E-state index in [1.807, 2.05) is 18.1 Å². The molecule has 20 heavy (non-hydrogen) atoms. The number of methoxy groups -OCH3 is 1. The molecule has 0 radical (unpaired) electrons. The number of amides is 1. The molecule has 2 heterocycles. The van der Waals surface area contributed by atoms with Gasteiger partial charge in [0, 0.05) is 38.4 Å². The minimum atomic E-state index is 0.0228. The molecule has 2 rings (SSSR count). The molecule has 0 N–H and O–H groups in total. The van der Waals surface area contributed by atoms with Crippen molar-refractivity contribution in [1.29, 1.82) is 0 Å². The monoisotopic (exact) mass is 296 g/mol. The topological polar surface area (TPSA) is 58.6 Å². The van der Waals surface area contributed by atoms with E-state index in [4.69, 9.17) is 4.74 Å². The van der Waals surface area contributed by atoms with E-state index in [1.165, 1.54) is 0 Å². The molecule has 1 aliphatic heterocycles. The van der Waals surface area contributed by atoms with Crippen molar-refractivity contribution in [2.24, 2.45) is 0 Å². The van der Waals surface area contributed by atoms with Gasteiger partial charge in [-0.15, -0.1) is 0 Å². The van der Waals surface area contributed by atoms with Crippen molar-refractivity contribution in [3.05, 3.63) is 12.3 Å². The van der Waals surface area contributed by atoms with Crippen molar-refractivity contribution in [3.8, 4) is 5.88 Å². The smallest absolute Gasteiger partial charge is 0.235 e. The molecule has 1 saturated heterocycles. The summed E-state index contributed by atoms with van der Waals surface area (Å²) in [5.41, 5.74) is 0. The predicted molar refractivity (Wildman–Crippen MR) is 80.4 cm³/mol. The highest BCUT2D eigenvalue weighted by Gasteiger charge is 2.25. The normalized spacial score (nSPS) is 16.9. The first-order valence-corrected chi connectivity index (χ1v) is 7.88. The van der Waals surface area contributed by atoms with Crippen LogP contribution in [-0.2, 0) is 4.79 Å². The summed E-state index contributed by atoms with van der Waals surface area (Å²) < 4.78 is 5.11. The second kappa shape index (κ2) is 6.78. The van der Waals surface area contributed by atoms with Crippen LogP contribution in [0.2, 0.25) is 0 Å². The van der Waals surface area contributed by atoms with Crippen LogP contribution < -0.4 is 9.64 Å². The largest absolute Gasteiger partial charge is 0.481 e. The molecule has 0 bridgehead atoms. The maximum Gasteiger partial charge on any atom is 0.235 e. The van der Waals surface area contributed by atoms with Gasteiger partial charge >= 0.3 is 0 Å². The Bertz CT molecular complexity index is 463. The van der Waals surface area contributed by atoms with Crippen molar-refractivity contribution in [3.63, 3.8) is 0 Å². The summed E-state index contributed by atoms with van der Waals surface area (Å²) in [4.78, 5) is 24.7. The SMILES string of the molecule is COc1ccnc(N2CCN(C(=O)C(C)SC)CC2)n1. The molecular weight excluding hydrogens is 276 g/mol. The van der Waals surface area contributed by atoms with E-state index in [9.17, 15) is 4.79 Å². The lowest BCUT2D eigenvalue weighted by Gasteiger charge is -2.35. The van der Waals surface area contributed by atoms with Crippen LogP contribution in [0, 0.1) is 0 Å². The molecule has 7 heteroatoms. The van der Waals surface area contributed by atoms with Crippen LogP contribution in [0.4, 0.5) is 5.95 Å². The number of hydrogen-bond donors (Lipinski definition) is 0. The molecule has 1 fully saturated rings. The Labute approximate surface area is 123 Å². The lowest BCUT2D eigenvalue weighted by molar-refractivity contribution is -0.130. The minimum Gasteiger partial charge on any atom is -0.481 e. The van der Waals surface area contributed by atoms with E-state index in [2.05, 4.69) is 14.9 Å². The Morgan fingerprint density at radius 2 is 2.10 bits per heavy atom. The summed E-state index contributed by atoms with van der Waals surface area (Å²) in [7, 11) is 1.59. The van der Waals surface area contributed by atoms with Crippen molar-refractivity contribution < 1.29 is 9.53 Å². The Hall–Kier alpha value is -1.50. The molecule has 1 unspecified atom stereocenters. The van der Waals surface area contributed by atoms with E-state index >= 15 is 0 Å². The van der Waals surface area contributed by atoms with Gasteiger partial charge in [0.1, 0.15) is 0 Å². The molecular formula is C13H20N4O2S. The van der Waals surface area contributed by atoms with Gasteiger partial charge in [-0.05, 0) is 13.2 Å². The van der Waals surface area contributed by atoms with E-state index in [1.54, 1.807) is 31.1 Å². The van der Waals surface area contributed by atoms with Gasteiger partial charge in [-0.3, -0.25) is 4.79 Å². The number of nitrogens with zero attached hydrogens (tertiary/aromatic N) is 4. The standard InChI is InChI=1S/C13H20N4O2S/c1-10(20-3)12(18)16-6-8-17(9-7-16)13-14-5-4-11(15-13)19-2/h4-5,10H,6-9H2,1-3H3. The first kappa shape index (κ1) is 14.9. The molecule has 0 aromatic carbocycles. The number of hydrogen-bond acceptors (Lipinski definition) is 6. The summed E-state index contributed by atoms with van der Waals surface area (Å²) in [5, 5.41) is 0.0228. The maximum atomic E-state index is 12.1. The number of aromatic nitrogens is 2. The van der Waals surface area contributed by atoms with Gasteiger partial charge in [-0.25, -0.2) is 4.98 Å². The highest BCUT2D eigenvalue weighted by molar-refractivity contribution is 7.99. The molecule has 1 amide bonds. The first-order chi connectivity index (χ1) is 9.65. The molecule has 1 aromatic rings. The van der Waals surface area contributed by atoms with Crippen molar-refractivity contribution >= 4 is 23.6 Å². The number of thioether (sulfide) groups is 1. The summed E-state index contributed by atoms with van der Waals surface area (Å²) >= 11 is 1.58. The second-order valence-corrected chi connectivity index (χ2v) is 5.77. The van der Waals surface area contributed by atoms with Crippen LogP contribution in [0.25, 0.3) is 0 Å². The predicted octanol–water partition coefficient (Wildman–Crippen LogP) is 0.885. The summed E-state index contributed by atoms with van der Waals surface area (Å²) in [6.07, 6.45) is 3.65. The van der Waals surface area contributed by atoms with Crippen LogP contribution in [-0.4, -0.2) is 65.6 Å². The Kier molecular flexibility index (Phi) is 5.05. The number of anilines is 1. The average molecular weight is 296 g/mol. The summed E-state index contributed by atoms with van der Waals surface area (Å²) in [6, 6.07) is 1.73. The zero-order valence-corrected chi connectivity index (χ0v) is 12.9. The highest BCUT2D eigenvalue weighted by Crippen LogP contribution is 2.16. The third-order valence-corrected chi connectivity index (χ3v) is 4.31. The number of carbonyl (C=O) groups excluding carboxylic acids is 1. The molecule has 6 nitrogen and oxygen atoms in total. The maximum absolute atomic E-state index is 12.1. The quantitative estimate of drug-likeness (QED) is 0.822. The Balaban J connectivity index is 1.95. The van der Waals surface area contributed by atoms with Crippen molar-refractivity contribution in [2.75, 3.05) is 44.4 Å². The average Bonchev–Trinajstić information content (AvgIpc) is 2.53. The molecule has 1 aliphatic rings. The van der Waals surface area contributed by atoms with E-state index in [0.29, 0.717) is 24.9 Å². The fourth-order valence-electron chi connectivity index (χ4n) is 2.08. The van der Waals surface area contributed by atoms with E-state index in [0.717, 1.165) is 13.1 Å². The third-order valence-electron chi connectivity index (χ3n) is 3.40. The molecule has 1 aromatic heterocycles. The molecule has 0 saturated carbocycles. The highest BCUT2D eigenvalue weighted by atomic mass is 32.2. The fourth-order valence-corrected chi connectivity index (χ4v) is 2.43. The van der Waals surface area contributed by atoms with Gasteiger partial charge < -0.3 is 14.5 Å². The summed E-state index contributed by atoms with van der Waals surface area (Å²) in [5.74, 6) is 1.43. The zero-order valence-electron chi connectivity index (χ0n) is 12.1. The molecule has 0 spiro atoms. The van der Waals surface area contributed by atoms with Crippen LogP contribution in [0.1, 0.15) is 6.92 Å². The van der Waals surface area contributed by atoms with E-state index < -0.39 is 0 Å². The number of carbonyl (C=O) groups is 1. The van der Waals surface area contributed by atoms with Gasteiger partial charge in [0.2, 0.25) is 17.7 Å². The van der Waals surface area contributed by atoms with Gasteiger partial charge in [0.15, 0.2) is 0 Å². The van der Waals surface area contributed by atoms with Crippen LogP contribution in [0.3, 0.4) is 0 Å². The summed E-state index contributed by atoms with van der Waals surface area (Å²) in [6.45, 7) is 4.87. The van der Waals surface area contributed by atoms with Crippen LogP contribution >= 0.6 is 11.8 Å². The Morgan fingerprint density at radius 3 is 2.70 bits per heavy atom. The number of ether oxygens (including phenoxy) is 1. The van der Waals surface area contributed by atoms with Gasteiger partial charge in [0.05, 0.1) is 12.4 Å². The lowest BCUT2D eigenvalue weighted by Crippen LogP contribution is -2.51. The number of rotatable bonds is 4. The lowest BCUT2D eigenvalue weighted by atomic mass is 10.3. The first-order valence-electron chi connectivity index (χ1n) is 6.59. The minimum absolute atomic E-state index is 0.0228. The van der Waals surface area contributed by atoms with E-state index in [-0.39, 0.29) is 11.2 Å². The molecule has 0 aliphatic carbocycles. The van der Waals surface area contributed by atoms with Crippen molar-refractivity contribution in [1.82, 2.24) is 14.9 Å². The Morgan fingerprint density at radius 1 is 1.40 bits per heavy atom. The zero-order chi connectivity index (χ0) is 14.5. The fraction of sp³-hybridized carbons (Fsp3) is 0.615. The van der Waals surface area contributed by atoms with Gasteiger partial charge in [-0.2, -0.15) is 16.7 Å². The van der Waals surface area contributed by atoms with Gasteiger partial charge in [0.25, 0.3) is 0 Å². The van der Waals surface area contributed by atoms with Crippen molar-refractivity contribution in [2.45, 2.75) is 12.2 Å². The van der Waals surface area contributed by atoms with Crippen LogP contribution in [0.15, 0.2) is 12.3 Å². The van der Waals surface area contributed by atoms with Gasteiger partial charge in [-0.1, -0.05) is 0 Å². The third kappa shape index (κ3) is 3.33.